The summed E-state index contributed by atoms with van der Waals surface area (Å²) in [5.41, 5.74) is 1.40. The van der Waals surface area contributed by atoms with Crippen molar-refractivity contribution in [2.45, 2.75) is 30.3 Å². The lowest BCUT2D eigenvalue weighted by molar-refractivity contribution is 0.0730. The van der Waals surface area contributed by atoms with Crippen LogP contribution >= 0.6 is 0 Å². The number of amides is 1. The summed E-state index contributed by atoms with van der Waals surface area (Å²) in [4.78, 5) is 14.9. The predicted molar refractivity (Wildman–Crippen MR) is 118 cm³/mol. The van der Waals surface area contributed by atoms with E-state index in [1.807, 2.05) is 6.07 Å². The maximum atomic E-state index is 13.0. The smallest absolute Gasteiger partial charge is 0.251 e. The zero-order chi connectivity index (χ0) is 22.6. The van der Waals surface area contributed by atoms with E-state index in [1.54, 1.807) is 18.2 Å². The number of carbonyl (C=O) groups is 1. The standard InChI is InChI=1S/C23H28FN3O4S/c24-20-6-4-19(5-7-20)23(28)25-21-8-10-26(11-9-21)17-18-2-1-3-22(16-18)32(29,30)27-12-14-31-15-13-27/h1-7,16,21H,8-15,17H2,(H,25,28). The molecule has 9 heteroatoms. The Morgan fingerprint density at radius 1 is 1.03 bits per heavy atom. The molecule has 0 saturated carbocycles. The molecule has 0 bridgehead atoms. The number of nitrogens with zero attached hydrogens (tertiary/aromatic N) is 2. The van der Waals surface area contributed by atoms with Crippen molar-refractivity contribution in [1.82, 2.24) is 14.5 Å². The number of nitrogens with one attached hydrogen (secondary N) is 1. The number of ether oxygens (including phenoxy) is 1. The van der Waals surface area contributed by atoms with Crippen molar-refractivity contribution >= 4 is 15.9 Å². The second-order valence-corrected chi connectivity index (χ2v) is 10.1. The Morgan fingerprint density at radius 3 is 2.41 bits per heavy atom. The molecule has 2 aliphatic heterocycles. The Kier molecular flexibility index (Phi) is 7.20. The molecule has 172 valence electrons. The van der Waals surface area contributed by atoms with Crippen molar-refractivity contribution in [2.75, 3.05) is 39.4 Å². The Labute approximate surface area is 188 Å². The van der Waals surface area contributed by atoms with E-state index in [0.717, 1.165) is 31.5 Å². The molecular weight excluding hydrogens is 433 g/mol. The van der Waals surface area contributed by atoms with Gasteiger partial charge in [0.25, 0.3) is 5.91 Å². The average Bonchev–Trinajstić information content (AvgIpc) is 2.81. The molecule has 32 heavy (non-hydrogen) atoms. The van der Waals surface area contributed by atoms with Gasteiger partial charge < -0.3 is 10.1 Å². The van der Waals surface area contributed by atoms with Gasteiger partial charge >= 0.3 is 0 Å². The van der Waals surface area contributed by atoms with Gasteiger partial charge in [-0.1, -0.05) is 12.1 Å². The molecule has 2 aromatic carbocycles. The van der Waals surface area contributed by atoms with Crippen molar-refractivity contribution in [3.05, 3.63) is 65.5 Å². The topological polar surface area (TPSA) is 79.0 Å². The first kappa shape index (κ1) is 22.8. The number of hydrogen-bond acceptors (Lipinski definition) is 5. The third kappa shape index (κ3) is 5.53. The van der Waals surface area contributed by atoms with Gasteiger partial charge in [0.1, 0.15) is 5.82 Å². The van der Waals surface area contributed by atoms with E-state index in [9.17, 15) is 17.6 Å². The number of piperidine rings is 1. The van der Waals surface area contributed by atoms with E-state index in [1.165, 1.54) is 28.6 Å². The van der Waals surface area contributed by atoms with Gasteiger partial charge in [0.15, 0.2) is 0 Å². The molecule has 0 spiro atoms. The molecule has 2 aliphatic rings. The number of carbonyl (C=O) groups excluding carboxylic acids is 1. The van der Waals surface area contributed by atoms with Crippen molar-refractivity contribution < 1.29 is 22.3 Å². The summed E-state index contributed by atoms with van der Waals surface area (Å²) < 4.78 is 45.6. The summed E-state index contributed by atoms with van der Waals surface area (Å²) in [7, 11) is -3.51. The van der Waals surface area contributed by atoms with Crippen molar-refractivity contribution in [3.63, 3.8) is 0 Å². The van der Waals surface area contributed by atoms with Gasteiger partial charge in [0.05, 0.1) is 18.1 Å². The van der Waals surface area contributed by atoms with Crippen LogP contribution in [0.2, 0.25) is 0 Å². The third-order valence-electron chi connectivity index (χ3n) is 5.94. The van der Waals surface area contributed by atoms with Crippen LogP contribution in [0.3, 0.4) is 0 Å². The van der Waals surface area contributed by atoms with E-state index in [2.05, 4.69) is 10.2 Å². The molecule has 0 atom stereocenters. The van der Waals surface area contributed by atoms with Crippen LogP contribution in [0.5, 0.6) is 0 Å². The molecule has 2 fully saturated rings. The minimum absolute atomic E-state index is 0.0665. The highest BCUT2D eigenvalue weighted by molar-refractivity contribution is 7.89. The zero-order valence-electron chi connectivity index (χ0n) is 17.9. The van der Waals surface area contributed by atoms with E-state index >= 15 is 0 Å². The number of halogens is 1. The van der Waals surface area contributed by atoms with Crippen LogP contribution in [-0.4, -0.2) is 69.0 Å². The fourth-order valence-electron chi connectivity index (χ4n) is 4.10. The quantitative estimate of drug-likeness (QED) is 0.714. The summed E-state index contributed by atoms with van der Waals surface area (Å²) in [5.74, 6) is -0.554. The highest BCUT2D eigenvalue weighted by Gasteiger charge is 2.27. The normalized spacial score (nSPS) is 19.0. The lowest BCUT2D eigenvalue weighted by Crippen LogP contribution is -2.44. The molecule has 2 saturated heterocycles. The minimum atomic E-state index is -3.51. The van der Waals surface area contributed by atoms with Gasteiger partial charge in [-0.2, -0.15) is 4.31 Å². The summed E-state index contributed by atoms with van der Waals surface area (Å²) in [6.45, 7) is 3.86. The maximum absolute atomic E-state index is 13.0. The molecule has 1 N–H and O–H groups in total. The Bertz CT molecular complexity index is 1030. The second-order valence-electron chi connectivity index (χ2n) is 8.19. The summed E-state index contributed by atoms with van der Waals surface area (Å²) >= 11 is 0. The molecule has 0 unspecified atom stereocenters. The Balaban J connectivity index is 1.31. The third-order valence-corrected chi connectivity index (χ3v) is 7.84. The van der Waals surface area contributed by atoms with Gasteiger partial charge in [0, 0.05) is 44.3 Å². The number of hydrogen-bond donors (Lipinski definition) is 1. The molecule has 2 heterocycles. The van der Waals surface area contributed by atoms with Crippen LogP contribution in [0.25, 0.3) is 0 Å². The van der Waals surface area contributed by atoms with E-state index < -0.39 is 10.0 Å². The van der Waals surface area contributed by atoms with Gasteiger partial charge in [-0.3, -0.25) is 9.69 Å². The van der Waals surface area contributed by atoms with Gasteiger partial charge in [-0.25, -0.2) is 12.8 Å². The lowest BCUT2D eigenvalue weighted by atomic mass is 10.0. The summed E-state index contributed by atoms with van der Waals surface area (Å²) in [6.07, 6.45) is 1.61. The van der Waals surface area contributed by atoms with E-state index in [4.69, 9.17) is 4.74 Å². The maximum Gasteiger partial charge on any atom is 0.251 e. The molecule has 1 amide bonds. The average molecular weight is 462 g/mol. The monoisotopic (exact) mass is 461 g/mol. The van der Waals surface area contributed by atoms with E-state index in [-0.39, 0.29) is 17.8 Å². The fourth-order valence-corrected chi connectivity index (χ4v) is 5.58. The summed E-state index contributed by atoms with van der Waals surface area (Å²) in [6, 6.07) is 12.7. The molecule has 0 aromatic heterocycles. The van der Waals surface area contributed by atoms with Crippen molar-refractivity contribution in [2.24, 2.45) is 0 Å². The minimum Gasteiger partial charge on any atom is -0.379 e. The van der Waals surface area contributed by atoms with Crippen LogP contribution in [0.4, 0.5) is 4.39 Å². The predicted octanol–water partition coefficient (Wildman–Crippen LogP) is 2.24. The first-order chi connectivity index (χ1) is 15.4. The number of sulfonamides is 1. The van der Waals surface area contributed by atoms with Gasteiger partial charge in [-0.15, -0.1) is 0 Å². The molecule has 7 nitrogen and oxygen atoms in total. The lowest BCUT2D eigenvalue weighted by Gasteiger charge is -2.32. The Morgan fingerprint density at radius 2 is 1.72 bits per heavy atom. The first-order valence-electron chi connectivity index (χ1n) is 10.9. The fraction of sp³-hybridized carbons (Fsp3) is 0.435. The zero-order valence-corrected chi connectivity index (χ0v) is 18.7. The highest BCUT2D eigenvalue weighted by Crippen LogP contribution is 2.20. The van der Waals surface area contributed by atoms with Gasteiger partial charge in [0.2, 0.25) is 10.0 Å². The Hall–Kier alpha value is -2.33. The van der Waals surface area contributed by atoms with Gasteiger partial charge in [-0.05, 0) is 54.8 Å². The van der Waals surface area contributed by atoms with Crippen molar-refractivity contribution in [3.8, 4) is 0 Å². The second kappa shape index (κ2) is 10.1. The van der Waals surface area contributed by atoms with E-state index in [0.29, 0.717) is 43.3 Å². The number of likely N-dealkylation sites (tertiary alicyclic amines) is 1. The number of morpholine rings is 1. The highest BCUT2D eigenvalue weighted by atomic mass is 32.2. The molecular formula is C23H28FN3O4S. The van der Waals surface area contributed by atoms with Crippen molar-refractivity contribution in [1.29, 1.82) is 0 Å². The SMILES string of the molecule is O=C(NC1CCN(Cc2cccc(S(=O)(=O)N3CCOCC3)c2)CC1)c1ccc(F)cc1. The number of benzene rings is 2. The first-order valence-corrected chi connectivity index (χ1v) is 12.3. The molecule has 0 aliphatic carbocycles. The van der Waals surface area contributed by atoms with Crippen LogP contribution in [0.1, 0.15) is 28.8 Å². The van der Waals surface area contributed by atoms with Crippen LogP contribution in [0.15, 0.2) is 53.4 Å². The van der Waals surface area contributed by atoms with Crippen LogP contribution in [0, 0.1) is 5.82 Å². The van der Waals surface area contributed by atoms with Crippen LogP contribution < -0.4 is 5.32 Å². The molecule has 2 aromatic rings. The number of rotatable bonds is 6. The largest absolute Gasteiger partial charge is 0.379 e. The van der Waals surface area contributed by atoms with Crippen LogP contribution in [-0.2, 0) is 21.3 Å². The molecule has 4 rings (SSSR count). The summed E-state index contributed by atoms with van der Waals surface area (Å²) in [5, 5.41) is 3.02. The molecule has 0 radical (unpaired) electrons.